The van der Waals surface area contributed by atoms with Gasteiger partial charge in [-0.05, 0) is 36.8 Å². The number of anilines is 1. The van der Waals surface area contributed by atoms with Gasteiger partial charge in [0.25, 0.3) is 5.91 Å². The molecule has 1 aromatic heterocycles. The topological polar surface area (TPSA) is 51.2 Å². The van der Waals surface area contributed by atoms with Crippen molar-refractivity contribution in [3.05, 3.63) is 66.4 Å². The van der Waals surface area contributed by atoms with Gasteiger partial charge < -0.3 is 10.1 Å². The van der Waals surface area contributed by atoms with Crippen molar-refractivity contribution in [2.45, 2.75) is 19.8 Å². The van der Waals surface area contributed by atoms with E-state index in [-0.39, 0.29) is 5.91 Å². The van der Waals surface area contributed by atoms with Gasteiger partial charge in [0, 0.05) is 17.1 Å². The highest BCUT2D eigenvalue weighted by Crippen LogP contribution is 2.22. The van der Waals surface area contributed by atoms with E-state index in [0.29, 0.717) is 23.6 Å². The third kappa shape index (κ3) is 3.71. The van der Waals surface area contributed by atoms with Crippen LogP contribution in [-0.4, -0.2) is 17.5 Å². The molecule has 0 spiro atoms. The summed E-state index contributed by atoms with van der Waals surface area (Å²) in [4.78, 5) is 16.9. The molecule has 24 heavy (non-hydrogen) atoms. The molecule has 0 bridgehead atoms. The summed E-state index contributed by atoms with van der Waals surface area (Å²) in [6, 6.07) is 16.8. The Kier molecular flexibility index (Phi) is 5.06. The summed E-state index contributed by atoms with van der Waals surface area (Å²) in [5, 5.41) is 3.93. The molecule has 0 radical (unpaired) electrons. The molecule has 0 saturated carbocycles. The number of para-hydroxylation sites is 1. The summed E-state index contributed by atoms with van der Waals surface area (Å²) in [6.45, 7) is 2.78. The second-order valence-electron chi connectivity index (χ2n) is 5.56. The van der Waals surface area contributed by atoms with Crippen LogP contribution >= 0.6 is 0 Å². The molecule has 3 rings (SSSR count). The monoisotopic (exact) mass is 320 g/mol. The molecular weight excluding hydrogens is 300 g/mol. The number of carbonyl (C=O) groups is 1. The number of fused-ring (bicyclic) bond motifs is 1. The van der Waals surface area contributed by atoms with E-state index in [2.05, 4.69) is 17.2 Å². The molecule has 2 aromatic carbocycles. The maximum atomic E-state index is 12.5. The van der Waals surface area contributed by atoms with E-state index in [4.69, 9.17) is 4.74 Å². The van der Waals surface area contributed by atoms with Gasteiger partial charge in [0.2, 0.25) is 0 Å². The van der Waals surface area contributed by atoms with E-state index < -0.39 is 0 Å². The van der Waals surface area contributed by atoms with Crippen molar-refractivity contribution >= 4 is 22.5 Å². The number of amides is 1. The van der Waals surface area contributed by atoms with Gasteiger partial charge >= 0.3 is 0 Å². The number of ether oxygens (including phenoxy) is 1. The highest BCUT2D eigenvalue weighted by Gasteiger charge is 2.10. The summed E-state index contributed by atoms with van der Waals surface area (Å²) in [5.74, 6) is 0.543. The molecule has 3 aromatic rings. The maximum absolute atomic E-state index is 12.5. The molecule has 1 amide bonds. The van der Waals surface area contributed by atoms with Gasteiger partial charge in [-0.1, -0.05) is 37.6 Å². The van der Waals surface area contributed by atoms with Gasteiger partial charge in [0.1, 0.15) is 5.75 Å². The lowest BCUT2D eigenvalue weighted by Gasteiger charge is -2.10. The van der Waals surface area contributed by atoms with Crippen LogP contribution in [0.2, 0.25) is 0 Å². The number of benzene rings is 2. The third-order valence-electron chi connectivity index (χ3n) is 3.74. The number of hydrogen-bond donors (Lipinski definition) is 1. The van der Waals surface area contributed by atoms with Crippen LogP contribution in [0.25, 0.3) is 10.9 Å². The molecule has 0 aliphatic heterocycles. The van der Waals surface area contributed by atoms with Crippen molar-refractivity contribution in [3.8, 4) is 5.75 Å². The van der Waals surface area contributed by atoms with Crippen LogP contribution in [0.3, 0.4) is 0 Å². The van der Waals surface area contributed by atoms with Crippen molar-refractivity contribution in [3.63, 3.8) is 0 Å². The van der Waals surface area contributed by atoms with Crippen molar-refractivity contribution < 1.29 is 9.53 Å². The first kappa shape index (κ1) is 16.0. The molecule has 0 unspecified atom stereocenters. The average molecular weight is 320 g/mol. The quantitative estimate of drug-likeness (QED) is 0.672. The molecule has 4 nitrogen and oxygen atoms in total. The fourth-order valence-corrected chi connectivity index (χ4v) is 2.46. The molecule has 122 valence electrons. The fraction of sp³-hybridized carbons (Fsp3) is 0.200. The SMILES string of the molecule is CCCCOc1cccc(C(=O)Nc2cccc3cccnc23)c1. The molecule has 1 N–H and O–H groups in total. The molecular formula is C20H20N2O2. The first-order valence-electron chi connectivity index (χ1n) is 8.16. The smallest absolute Gasteiger partial charge is 0.255 e. The Morgan fingerprint density at radius 1 is 1.12 bits per heavy atom. The minimum absolute atomic E-state index is 0.172. The van der Waals surface area contributed by atoms with Crippen molar-refractivity contribution in [1.82, 2.24) is 4.98 Å². The average Bonchev–Trinajstić information content (AvgIpc) is 2.62. The largest absolute Gasteiger partial charge is 0.494 e. The van der Waals surface area contributed by atoms with Gasteiger partial charge in [-0.25, -0.2) is 0 Å². The number of hydrogen-bond acceptors (Lipinski definition) is 3. The molecule has 0 saturated heterocycles. The summed E-state index contributed by atoms with van der Waals surface area (Å²) < 4.78 is 5.67. The van der Waals surface area contributed by atoms with Gasteiger partial charge in [0.15, 0.2) is 0 Å². The van der Waals surface area contributed by atoms with Crippen LogP contribution in [0.1, 0.15) is 30.1 Å². The predicted octanol–water partition coefficient (Wildman–Crippen LogP) is 4.67. The normalized spacial score (nSPS) is 10.5. The highest BCUT2D eigenvalue weighted by atomic mass is 16.5. The lowest BCUT2D eigenvalue weighted by molar-refractivity contribution is 0.102. The minimum Gasteiger partial charge on any atom is -0.494 e. The Bertz CT molecular complexity index is 840. The third-order valence-corrected chi connectivity index (χ3v) is 3.74. The summed E-state index contributed by atoms with van der Waals surface area (Å²) in [6.07, 6.45) is 3.80. The Morgan fingerprint density at radius 2 is 1.96 bits per heavy atom. The zero-order valence-corrected chi connectivity index (χ0v) is 13.7. The van der Waals surface area contributed by atoms with E-state index in [1.54, 1.807) is 18.3 Å². The number of nitrogens with zero attached hydrogens (tertiary/aromatic N) is 1. The van der Waals surface area contributed by atoms with E-state index >= 15 is 0 Å². The molecule has 0 fully saturated rings. The zero-order valence-electron chi connectivity index (χ0n) is 13.7. The predicted molar refractivity (Wildman–Crippen MR) is 96.5 cm³/mol. The van der Waals surface area contributed by atoms with E-state index in [1.165, 1.54) is 0 Å². The molecule has 0 atom stereocenters. The number of nitrogens with one attached hydrogen (secondary N) is 1. The van der Waals surface area contributed by atoms with Crippen molar-refractivity contribution in [1.29, 1.82) is 0 Å². The van der Waals surface area contributed by atoms with Crippen LogP contribution < -0.4 is 10.1 Å². The summed E-state index contributed by atoms with van der Waals surface area (Å²) >= 11 is 0. The van der Waals surface area contributed by atoms with Gasteiger partial charge in [0.05, 0.1) is 17.8 Å². The Morgan fingerprint density at radius 3 is 2.83 bits per heavy atom. The highest BCUT2D eigenvalue weighted by molar-refractivity contribution is 6.08. The first-order chi connectivity index (χ1) is 11.8. The van der Waals surface area contributed by atoms with Crippen molar-refractivity contribution in [2.75, 3.05) is 11.9 Å². The second kappa shape index (κ2) is 7.59. The fourth-order valence-electron chi connectivity index (χ4n) is 2.46. The molecule has 1 heterocycles. The van der Waals surface area contributed by atoms with E-state index in [0.717, 1.165) is 23.7 Å². The number of carbonyl (C=O) groups excluding carboxylic acids is 1. The minimum atomic E-state index is -0.172. The number of rotatable bonds is 6. The van der Waals surface area contributed by atoms with Gasteiger partial charge in [-0.3, -0.25) is 9.78 Å². The van der Waals surface area contributed by atoms with Gasteiger partial charge in [-0.15, -0.1) is 0 Å². The summed E-state index contributed by atoms with van der Waals surface area (Å²) in [5.41, 5.74) is 2.05. The Balaban J connectivity index is 1.78. The molecule has 0 aliphatic rings. The number of pyridine rings is 1. The van der Waals surface area contributed by atoms with Crippen LogP contribution in [0.4, 0.5) is 5.69 Å². The zero-order chi connectivity index (χ0) is 16.8. The van der Waals surface area contributed by atoms with Crippen LogP contribution in [0, 0.1) is 0 Å². The van der Waals surface area contributed by atoms with Crippen LogP contribution in [-0.2, 0) is 0 Å². The van der Waals surface area contributed by atoms with E-state index in [9.17, 15) is 4.79 Å². The molecule has 0 aliphatic carbocycles. The standard InChI is InChI=1S/C20H20N2O2/c1-2-3-13-24-17-10-4-8-16(14-17)20(23)22-18-11-5-7-15-9-6-12-21-19(15)18/h4-12,14H,2-3,13H2,1H3,(H,22,23). The first-order valence-corrected chi connectivity index (χ1v) is 8.16. The van der Waals surface area contributed by atoms with Gasteiger partial charge in [-0.2, -0.15) is 0 Å². The summed E-state index contributed by atoms with van der Waals surface area (Å²) in [7, 11) is 0. The number of aromatic nitrogens is 1. The van der Waals surface area contributed by atoms with Crippen molar-refractivity contribution in [2.24, 2.45) is 0 Å². The van der Waals surface area contributed by atoms with E-state index in [1.807, 2.05) is 42.5 Å². The van der Waals surface area contributed by atoms with Crippen LogP contribution in [0.15, 0.2) is 60.8 Å². The van der Waals surface area contributed by atoms with Crippen LogP contribution in [0.5, 0.6) is 5.75 Å². The Labute approximate surface area is 141 Å². The second-order valence-corrected chi connectivity index (χ2v) is 5.56. The lowest BCUT2D eigenvalue weighted by atomic mass is 10.1. The lowest BCUT2D eigenvalue weighted by Crippen LogP contribution is -2.12. The number of unbranched alkanes of at least 4 members (excludes halogenated alkanes) is 1. The molecule has 4 heteroatoms. The maximum Gasteiger partial charge on any atom is 0.255 e. The Hall–Kier alpha value is -2.88.